The molecular weight excluding hydrogens is 368 g/mol. The summed E-state index contributed by atoms with van der Waals surface area (Å²) < 4.78 is 0. The summed E-state index contributed by atoms with van der Waals surface area (Å²) in [5, 5.41) is 21.9. The Morgan fingerprint density at radius 3 is 2.50 bits per heavy atom. The van der Waals surface area contributed by atoms with Crippen molar-refractivity contribution >= 4 is 0 Å². The summed E-state index contributed by atoms with van der Waals surface area (Å²) in [4.78, 5) is 0. The van der Waals surface area contributed by atoms with Crippen molar-refractivity contribution in [2.75, 3.05) is 0 Å². The summed E-state index contributed by atoms with van der Waals surface area (Å²) in [6.07, 6.45) is 14.9. The SMILES string of the molecule is CC[C@H](CC[C@@H](C)[C@H]1CC[C@H]2[C@@H]3CC=C4C[C@@H](O)CC[C@]4(O)[C@H]3CC[C@]12C)C(C)C. The third-order valence-corrected chi connectivity index (χ3v) is 10.8. The molecule has 0 saturated heterocycles. The van der Waals surface area contributed by atoms with Crippen molar-refractivity contribution in [1.29, 1.82) is 0 Å². The third kappa shape index (κ3) is 3.72. The molecule has 0 aromatic heterocycles. The van der Waals surface area contributed by atoms with E-state index in [1.165, 1.54) is 50.5 Å². The van der Waals surface area contributed by atoms with Gasteiger partial charge in [-0.05, 0) is 110 Å². The van der Waals surface area contributed by atoms with Gasteiger partial charge in [0.1, 0.15) is 0 Å². The van der Waals surface area contributed by atoms with Gasteiger partial charge in [-0.3, -0.25) is 0 Å². The molecule has 0 amide bonds. The molecule has 0 radical (unpaired) electrons. The molecule has 0 spiro atoms. The summed E-state index contributed by atoms with van der Waals surface area (Å²) >= 11 is 0. The average Bonchev–Trinajstić information content (AvgIpc) is 3.06. The number of allylic oxidation sites excluding steroid dienone is 1. The minimum Gasteiger partial charge on any atom is -0.393 e. The Kier molecular flexibility index (Phi) is 6.50. The number of aliphatic hydroxyl groups excluding tert-OH is 1. The first kappa shape index (κ1) is 22.8. The summed E-state index contributed by atoms with van der Waals surface area (Å²) in [6, 6.07) is 0. The lowest BCUT2D eigenvalue weighted by molar-refractivity contribution is -0.112. The molecule has 172 valence electrons. The van der Waals surface area contributed by atoms with Gasteiger partial charge in [-0.15, -0.1) is 0 Å². The van der Waals surface area contributed by atoms with Crippen LogP contribution in [0.2, 0.25) is 0 Å². The molecule has 3 saturated carbocycles. The quantitative estimate of drug-likeness (QED) is 0.470. The maximum atomic E-state index is 11.7. The van der Waals surface area contributed by atoms with Gasteiger partial charge in [-0.1, -0.05) is 53.5 Å². The molecule has 30 heavy (non-hydrogen) atoms. The normalized spacial score (nSPS) is 45.3. The molecule has 0 aromatic carbocycles. The Balaban J connectivity index is 1.47. The van der Waals surface area contributed by atoms with Gasteiger partial charge in [0.15, 0.2) is 0 Å². The summed E-state index contributed by atoms with van der Waals surface area (Å²) in [7, 11) is 0. The van der Waals surface area contributed by atoms with E-state index in [-0.39, 0.29) is 6.10 Å². The van der Waals surface area contributed by atoms with Gasteiger partial charge in [0.2, 0.25) is 0 Å². The predicted octanol–water partition coefficient (Wildman–Crippen LogP) is 6.75. The molecule has 3 fully saturated rings. The molecule has 2 N–H and O–H groups in total. The Labute approximate surface area is 185 Å². The van der Waals surface area contributed by atoms with Crippen LogP contribution >= 0.6 is 0 Å². The van der Waals surface area contributed by atoms with Gasteiger partial charge >= 0.3 is 0 Å². The van der Waals surface area contributed by atoms with E-state index in [4.69, 9.17) is 0 Å². The van der Waals surface area contributed by atoms with Crippen LogP contribution in [0.4, 0.5) is 0 Å². The first-order valence-corrected chi connectivity index (χ1v) is 13.3. The van der Waals surface area contributed by atoms with Crippen molar-refractivity contribution < 1.29 is 10.2 Å². The highest BCUT2D eigenvalue weighted by Crippen LogP contribution is 2.65. The molecule has 4 rings (SSSR count). The van der Waals surface area contributed by atoms with E-state index in [2.05, 4.69) is 40.7 Å². The molecule has 0 bridgehead atoms. The number of fused-ring (bicyclic) bond motifs is 5. The lowest BCUT2D eigenvalue weighted by atomic mass is 9.49. The highest BCUT2D eigenvalue weighted by molar-refractivity contribution is 5.28. The van der Waals surface area contributed by atoms with Gasteiger partial charge in [0.05, 0.1) is 11.7 Å². The standard InChI is InChI=1S/C28H48O2/c1-6-20(18(2)3)8-7-19(4)24-11-12-25-23-10-9-21-17-22(29)13-16-28(21,30)26(23)14-15-27(24,25)5/h9,18-20,22-26,29-30H,6-8,10-17H2,1-5H3/t19-,20-,22+,23+,24-,25+,26+,27-,28-/m1/s1. The van der Waals surface area contributed by atoms with E-state index in [0.29, 0.717) is 23.7 Å². The molecule has 0 aromatic rings. The largest absolute Gasteiger partial charge is 0.393 e. The third-order valence-electron chi connectivity index (χ3n) is 10.8. The molecule has 4 aliphatic carbocycles. The van der Waals surface area contributed by atoms with Gasteiger partial charge < -0.3 is 10.2 Å². The number of aliphatic hydroxyl groups is 2. The van der Waals surface area contributed by atoms with Gasteiger partial charge in [0, 0.05) is 0 Å². The van der Waals surface area contributed by atoms with E-state index >= 15 is 0 Å². The maximum Gasteiger partial charge on any atom is 0.0889 e. The highest BCUT2D eigenvalue weighted by Gasteiger charge is 2.60. The topological polar surface area (TPSA) is 40.5 Å². The summed E-state index contributed by atoms with van der Waals surface area (Å²) in [6.45, 7) is 12.3. The van der Waals surface area contributed by atoms with Crippen LogP contribution in [0.3, 0.4) is 0 Å². The molecule has 2 nitrogen and oxygen atoms in total. The molecule has 4 aliphatic rings. The zero-order chi connectivity index (χ0) is 21.7. The molecule has 0 heterocycles. The second kappa shape index (κ2) is 8.54. The van der Waals surface area contributed by atoms with Crippen molar-refractivity contribution in [2.45, 2.75) is 117 Å². The Morgan fingerprint density at radius 2 is 1.80 bits per heavy atom. The van der Waals surface area contributed by atoms with E-state index in [9.17, 15) is 10.2 Å². The summed E-state index contributed by atoms with van der Waals surface area (Å²) in [5.41, 5.74) is 1.03. The zero-order valence-corrected chi connectivity index (χ0v) is 20.4. The second-order valence-electron chi connectivity index (χ2n) is 12.4. The zero-order valence-electron chi connectivity index (χ0n) is 20.4. The molecule has 0 unspecified atom stereocenters. The van der Waals surface area contributed by atoms with Crippen molar-refractivity contribution in [2.24, 2.45) is 46.8 Å². The smallest absolute Gasteiger partial charge is 0.0889 e. The van der Waals surface area contributed by atoms with Crippen LogP contribution in [0.15, 0.2) is 11.6 Å². The molecule has 2 heteroatoms. The fraction of sp³-hybridized carbons (Fsp3) is 0.929. The van der Waals surface area contributed by atoms with Crippen LogP contribution in [0, 0.1) is 46.8 Å². The minimum absolute atomic E-state index is 0.239. The van der Waals surface area contributed by atoms with E-state index in [1.54, 1.807) is 0 Å². The summed E-state index contributed by atoms with van der Waals surface area (Å²) in [5.74, 6) is 5.25. The first-order chi connectivity index (χ1) is 14.2. The Bertz CT molecular complexity index is 639. The van der Waals surface area contributed by atoms with Crippen LogP contribution < -0.4 is 0 Å². The Hall–Kier alpha value is -0.340. The number of hydrogen-bond donors (Lipinski definition) is 2. The minimum atomic E-state index is -0.612. The number of hydrogen-bond acceptors (Lipinski definition) is 2. The van der Waals surface area contributed by atoms with Crippen molar-refractivity contribution in [3.63, 3.8) is 0 Å². The van der Waals surface area contributed by atoms with Crippen LogP contribution in [-0.4, -0.2) is 21.9 Å². The van der Waals surface area contributed by atoms with Gasteiger partial charge in [-0.2, -0.15) is 0 Å². The maximum absolute atomic E-state index is 11.7. The highest BCUT2D eigenvalue weighted by atomic mass is 16.3. The van der Waals surface area contributed by atoms with Crippen molar-refractivity contribution in [3.05, 3.63) is 11.6 Å². The lowest BCUT2D eigenvalue weighted by Gasteiger charge is -2.57. The molecule has 9 atom stereocenters. The van der Waals surface area contributed by atoms with Crippen molar-refractivity contribution in [3.8, 4) is 0 Å². The van der Waals surface area contributed by atoms with Gasteiger partial charge in [0.25, 0.3) is 0 Å². The molecule has 0 aliphatic heterocycles. The van der Waals surface area contributed by atoms with Gasteiger partial charge in [-0.25, -0.2) is 0 Å². The average molecular weight is 417 g/mol. The fourth-order valence-corrected chi connectivity index (χ4v) is 8.91. The number of rotatable bonds is 6. The predicted molar refractivity (Wildman–Crippen MR) is 125 cm³/mol. The molecular formula is C28H48O2. The Morgan fingerprint density at radius 1 is 1.03 bits per heavy atom. The monoisotopic (exact) mass is 416 g/mol. The van der Waals surface area contributed by atoms with E-state index in [1.807, 2.05) is 0 Å². The van der Waals surface area contributed by atoms with E-state index in [0.717, 1.165) is 48.9 Å². The van der Waals surface area contributed by atoms with Crippen LogP contribution in [0.5, 0.6) is 0 Å². The van der Waals surface area contributed by atoms with Crippen LogP contribution in [-0.2, 0) is 0 Å². The van der Waals surface area contributed by atoms with Crippen molar-refractivity contribution in [1.82, 2.24) is 0 Å². The fourth-order valence-electron chi connectivity index (χ4n) is 8.91. The second-order valence-corrected chi connectivity index (χ2v) is 12.4. The lowest BCUT2D eigenvalue weighted by Crippen LogP contribution is -2.55. The van der Waals surface area contributed by atoms with Crippen LogP contribution in [0.1, 0.15) is 105 Å². The van der Waals surface area contributed by atoms with Crippen LogP contribution in [0.25, 0.3) is 0 Å². The van der Waals surface area contributed by atoms with E-state index < -0.39 is 5.60 Å². The first-order valence-electron chi connectivity index (χ1n) is 13.3.